The predicted molar refractivity (Wildman–Crippen MR) is 65.8 cm³/mol. The van der Waals surface area contributed by atoms with E-state index in [1.807, 2.05) is 19.2 Å². The quantitative estimate of drug-likeness (QED) is 0.898. The number of benzene rings is 1. The smallest absolute Gasteiger partial charge is 0.231 e. The summed E-state index contributed by atoms with van der Waals surface area (Å²) < 4.78 is 21.8. The lowest BCUT2D eigenvalue weighted by Gasteiger charge is -2.01. The van der Waals surface area contributed by atoms with Gasteiger partial charge in [0, 0.05) is 24.1 Å². The van der Waals surface area contributed by atoms with Crippen LogP contribution < -0.4 is 14.8 Å². The molecule has 1 aromatic heterocycles. The second-order valence-corrected chi connectivity index (χ2v) is 4.17. The average Bonchev–Trinajstić information content (AvgIpc) is 2.93. The third kappa shape index (κ3) is 1.72. The molecule has 96 valence electrons. The number of methoxy groups -OCH3 is 1. The molecule has 0 fully saturated rings. The van der Waals surface area contributed by atoms with E-state index in [0.717, 1.165) is 33.8 Å². The SMILES string of the molecule is CNCc1oc2cc3c(cc2c1COC)OCO3. The largest absolute Gasteiger partial charge is 0.459 e. The molecule has 0 spiro atoms. The van der Waals surface area contributed by atoms with E-state index in [2.05, 4.69) is 5.32 Å². The zero-order valence-electron chi connectivity index (χ0n) is 10.4. The van der Waals surface area contributed by atoms with Crippen LogP contribution in [0.2, 0.25) is 0 Å². The molecule has 0 atom stereocenters. The summed E-state index contributed by atoms with van der Waals surface area (Å²) >= 11 is 0. The average molecular weight is 249 g/mol. The second-order valence-electron chi connectivity index (χ2n) is 4.17. The van der Waals surface area contributed by atoms with E-state index in [1.165, 1.54) is 0 Å². The Morgan fingerprint density at radius 1 is 1.28 bits per heavy atom. The molecule has 0 saturated heterocycles. The Morgan fingerprint density at radius 3 is 2.78 bits per heavy atom. The highest BCUT2D eigenvalue weighted by atomic mass is 16.7. The summed E-state index contributed by atoms with van der Waals surface area (Å²) in [7, 11) is 3.56. The van der Waals surface area contributed by atoms with Crippen molar-refractivity contribution in [2.45, 2.75) is 13.2 Å². The van der Waals surface area contributed by atoms with Gasteiger partial charge in [0.15, 0.2) is 11.5 Å². The molecule has 0 bridgehead atoms. The molecule has 3 rings (SSSR count). The molecule has 1 N–H and O–H groups in total. The highest BCUT2D eigenvalue weighted by molar-refractivity contribution is 5.86. The first kappa shape index (κ1) is 11.4. The zero-order chi connectivity index (χ0) is 12.5. The first-order valence-electron chi connectivity index (χ1n) is 5.81. The normalized spacial score (nSPS) is 13.4. The van der Waals surface area contributed by atoms with E-state index in [0.29, 0.717) is 13.2 Å². The van der Waals surface area contributed by atoms with Gasteiger partial charge >= 0.3 is 0 Å². The van der Waals surface area contributed by atoms with Crippen LogP contribution in [0.4, 0.5) is 0 Å². The van der Waals surface area contributed by atoms with Gasteiger partial charge < -0.3 is 23.9 Å². The summed E-state index contributed by atoms with van der Waals surface area (Å²) in [6.45, 7) is 1.45. The summed E-state index contributed by atoms with van der Waals surface area (Å²) in [5.74, 6) is 2.38. The number of nitrogens with one attached hydrogen (secondary N) is 1. The fourth-order valence-electron chi connectivity index (χ4n) is 2.19. The maximum Gasteiger partial charge on any atom is 0.231 e. The van der Waals surface area contributed by atoms with E-state index in [-0.39, 0.29) is 6.79 Å². The summed E-state index contributed by atoms with van der Waals surface area (Å²) in [5.41, 5.74) is 1.86. The van der Waals surface area contributed by atoms with E-state index in [4.69, 9.17) is 18.6 Å². The Labute approximate surface area is 105 Å². The molecule has 0 unspecified atom stereocenters. The number of ether oxygens (including phenoxy) is 3. The van der Waals surface area contributed by atoms with Crippen molar-refractivity contribution in [2.24, 2.45) is 0 Å². The minimum Gasteiger partial charge on any atom is -0.459 e. The van der Waals surface area contributed by atoms with Crippen LogP contribution in [0.5, 0.6) is 11.5 Å². The Balaban J connectivity index is 2.16. The molecule has 1 aliphatic heterocycles. The lowest BCUT2D eigenvalue weighted by atomic mass is 10.1. The Morgan fingerprint density at radius 2 is 2.06 bits per heavy atom. The standard InChI is InChI=1S/C13H15NO4/c1-14-5-13-9(6-15-2)8-3-11-12(17-7-16-11)4-10(8)18-13/h3-4,14H,5-7H2,1-2H3. The molecule has 18 heavy (non-hydrogen) atoms. The molecule has 0 amide bonds. The van der Waals surface area contributed by atoms with Crippen molar-refractivity contribution in [3.63, 3.8) is 0 Å². The number of fused-ring (bicyclic) bond motifs is 2. The fourth-order valence-corrected chi connectivity index (χ4v) is 2.19. The molecule has 5 heteroatoms. The Bertz CT molecular complexity index is 576. The van der Waals surface area contributed by atoms with E-state index in [9.17, 15) is 0 Å². The molecular weight excluding hydrogens is 234 g/mol. The van der Waals surface area contributed by atoms with Crippen LogP contribution in [0, 0.1) is 0 Å². The van der Waals surface area contributed by atoms with Gasteiger partial charge in [0.25, 0.3) is 0 Å². The molecule has 2 aromatic rings. The van der Waals surface area contributed by atoms with Gasteiger partial charge in [-0.25, -0.2) is 0 Å². The topological polar surface area (TPSA) is 52.9 Å². The van der Waals surface area contributed by atoms with Gasteiger partial charge in [0.05, 0.1) is 13.2 Å². The van der Waals surface area contributed by atoms with Crippen LogP contribution in [0.1, 0.15) is 11.3 Å². The number of furan rings is 1. The predicted octanol–water partition coefficient (Wildman–Crippen LogP) is 2.03. The van der Waals surface area contributed by atoms with Crippen LogP contribution >= 0.6 is 0 Å². The molecule has 1 aliphatic rings. The van der Waals surface area contributed by atoms with E-state index >= 15 is 0 Å². The van der Waals surface area contributed by atoms with Crippen molar-refractivity contribution in [2.75, 3.05) is 21.0 Å². The van der Waals surface area contributed by atoms with Gasteiger partial charge in [-0.15, -0.1) is 0 Å². The third-order valence-corrected chi connectivity index (χ3v) is 3.00. The van der Waals surface area contributed by atoms with Gasteiger partial charge in [0.1, 0.15) is 11.3 Å². The van der Waals surface area contributed by atoms with Crippen molar-refractivity contribution in [1.82, 2.24) is 5.32 Å². The van der Waals surface area contributed by atoms with Gasteiger partial charge in [0.2, 0.25) is 6.79 Å². The lowest BCUT2D eigenvalue weighted by molar-refractivity contribution is 0.174. The molecular formula is C13H15NO4. The fraction of sp³-hybridized carbons (Fsp3) is 0.385. The first-order chi connectivity index (χ1) is 8.83. The highest BCUT2D eigenvalue weighted by Crippen LogP contribution is 2.39. The third-order valence-electron chi connectivity index (χ3n) is 3.00. The van der Waals surface area contributed by atoms with Gasteiger partial charge in [-0.3, -0.25) is 0 Å². The number of hydrogen-bond acceptors (Lipinski definition) is 5. The van der Waals surface area contributed by atoms with Crippen molar-refractivity contribution in [1.29, 1.82) is 0 Å². The second kappa shape index (κ2) is 4.51. The van der Waals surface area contributed by atoms with Crippen molar-refractivity contribution in [3.05, 3.63) is 23.5 Å². The Hall–Kier alpha value is -1.72. The summed E-state index contributed by atoms with van der Waals surface area (Å²) in [4.78, 5) is 0. The molecule has 0 aliphatic carbocycles. The molecule has 0 saturated carbocycles. The lowest BCUT2D eigenvalue weighted by Crippen LogP contribution is -2.06. The molecule has 1 aromatic carbocycles. The van der Waals surface area contributed by atoms with Crippen LogP contribution in [-0.4, -0.2) is 21.0 Å². The summed E-state index contributed by atoms with van der Waals surface area (Å²) in [6, 6.07) is 3.82. The maximum atomic E-state index is 5.84. The van der Waals surface area contributed by atoms with Gasteiger partial charge in [-0.2, -0.15) is 0 Å². The van der Waals surface area contributed by atoms with Crippen molar-refractivity contribution < 1.29 is 18.6 Å². The monoisotopic (exact) mass is 249 g/mol. The first-order valence-corrected chi connectivity index (χ1v) is 5.81. The van der Waals surface area contributed by atoms with E-state index < -0.39 is 0 Å². The maximum absolute atomic E-state index is 5.84. The highest BCUT2D eigenvalue weighted by Gasteiger charge is 2.20. The number of hydrogen-bond donors (Lipinski definition) is 1. The van der Waals surface area contributed by atoms with Crippen molar-refractivity contribution >= 4 is 11.0 Å². The molecule has 5 nitrogen and oxygen atoms in total. The molecule has 2 heterocycles. The van der Waals surface area contributed by atoms with Crippen LogP contribution in [-0.2, 0) is 17.9 Å². The summed E-state index contributed by atoms with van der Waals surface area (Å²) in [5, 5.41) is 4.11. The molecule has 0 radical (unpaired) electrons. The minimum absolute atomic E-state index is 0.269. The van der Waals surface area contributed by atoms with E-state index in [1.54, 1.807) is 7.11 Å². The van der Waals surface area contributed by atoms with Crippen LogP contribution in [0.3, 0.4) is 0 Å². The summed E-state index contributed by atoms with van der Waals surface area (Å²) in [6.07, 6.45) is 0. The van der Waals surface area contributed by atoms with Crippen molar-refractivity contribution in [3.8, 4) is 11.5 Å². The Kier molecular flexibility index (Phi) is 2.85. The van der Waals surface area contributed by atoms with Crippen LogP contribution in [0.15, 0.2) is 16.5 Å². The minimum atomic E-state index is 0.269. The number of rotatable bonds is 4. The van der Waals surface area contributed by atoms with Crippen LogP contribution in [0.25, 0.3) is 11.0 Å². The van der Waals surface area contributed by atoms with Gasteiger partial charge in [-0.05, 0) is 13.1 Å². The zero-order valence-corrected chi connectivity index (χ0v) is 10.4. The van der Waals surface area contributed by atoms with Gasteiger partial charge in [-0.1, -0.05) is 0 Å².